The number of rotatable bonds is 8. The molecule has 0 spiro atoms. The molecule has 0 saturated carbocycles. The quantitative estimate of drug-likeness (QED) is 0.382. The first kappa shape index (κ1) is 29.7. The molecule has 1 N–H and O–H groups in total. The normalized spacial score (nSPS) is 18.6. The SMILES string of the molecule is C=C.C=C(C)C1C=CC=CC1.C=C(C/C(=C\C)C1=C(C)N=C(C)C1C)Nc1ccccc1OCC. The van der Waals surface area contributed by atoms with Gasteiger partial charge in [-0.15, -0.1) is 13.2 Å². The molecular formula is C32H44N2O. The van der Waals surface area contributed by atoms with E-state index in [2.05, 4.69) is 102 Å². The number of allylic oxidation sites excluding steroid dienone is 9. The van der Waals surface area contributed by atoms with E-state index in [0.29, 0.717) is 18.4 Å². The standard InChI is InChI=1S/C21H28N2O.C9H12.C2H4/c1-7-18(21-15(4)16(5)23-17(21)6)13-14(3)22-19-11-9-10-12-20(19)24-8-2;1-8(2)9-6-4-3-5-7-9;1-2/h7,9-12,15,22H,3,8,13H2,1-2,4-6H3;3-6,9H,1,7H2,2H3;1-2H2/b18-7+;;. The van der Waals surface area contributed by atoms with Crippen molar-refractivity contribution in [2.75, 3.05) is 11.9 Å². The number of ether oxygens (including phenoxy) is 1. The second kappa shape index (κ2) is 15.5. The minimum Gasteiger partial charge on any atom is -0.492 e. The number of aliphatic imine (C=N–C) groups is 1. The lowest BCUT2D eigenvalue weighted by Gasteiger charge is -2.18. The van der Waals surface area contributed by atoms with Crippen LogP contribution in [0.15, 0.2) is 114 Å². The Morgan fingerprint density at radius 3 is 2.34 bits per heavy atom. The van der Waals surface area contributed by atoms with Crippen LogP contribution in [-0.4, -0.2) is 12.3 Å². The monoisotopic (exact) mass is 472 g/mol. The first-order chi connectivity index (χ1) is 16.8. The molecule has 188 valence electrons. The molecule has 0 fully saturated rings. The van der Waals surface area contributed by atoms with Crippen LogP contribution in [0.4, 0.5) is 5.69 Å². The summed E-state index contributed by atoms with van der Waals surface area (Å²) in [5.74, 6) is 1.82. The predicted octanol–water partition coefficient (Wildman–Crippen LogP) is 9.23. The molecule has 2 atom stereocenters. The van der Waals surface area contributed by atoms with Gasteiger partial charge in [0.1, 0.15) is 5.75 Å². The van der Waals surface area contributed by atoms with E-state index in [1.54, 1.807) is 0 Å². The molecule has 1 aromatic carbocycles. The third-order valence-corrected chi connectivity index (χ3v) is 6.00. The highest BCUT2D eigenvalue weighted by atomic mass is 16.5. The van der Waals surface area contributed by atoms with E-state index in [-0.39, 0.29) is 0 Å². The van der Waals surface area contributed by atoms with Crippen molar-refractivity contribution in [3.63, 3.8) is 0 Å². The molecule has 0 saturated heterocycles. The van der Waals surface area contributed by atoms with Gasteiger partial charge in [-0.2, -0.15) is 0 Å². The van der Waals surface area contributed by atoms with Crippen LogP contribution in [0.3, 0.4) is 0 Å². The highest BCUT2D eigenvalue weighted by Crippen LogP contribution is 2.35. The highest BCUT2D eigenvalue weighted by molar-refractivity contribution is 5.91. The van der Waals surface area contributed by atoms with Gasteiger partial charge in [0.25, 0.3) is 0 Å². The lowest BCUT2D eigenvalue weighted by molar-refractivity contribution is 0.342. The van der Waals surface area contributed by atoms with Gasteiger partial charge in [-0.05, 0) is 64.3 Å². The van der Waals surface area contributed by atoms with E-state index in [9.17, 15) is 0 Å². The molecule has 0 radical (unpaired) electrons. The van der Waals surface area contributed by atoms with E-state index in [4.69, 9.17) is 4.74 Å². The van der Waals surface area contributed by atoms with Crippen molar-refractivity contribution >= 4 is 11.4 Å². The molecule has 0 amide bonds. The number of hydrogen-bond acceptors (Lipinski definition) is 3. The molecule has 1 aromatic rings. The summed E-state index contributed by atoms with van der Waals surface area (Å²) in [5.41, 5.74) is 8.08. The smallest absolute Gasteiger partial charge is 0.142 e. The Morgan fingerprint density at radius 2 is 1.86 bits per heavy atom. The van der Waals surface area contributed by atoms with Gasteiger partial charge in [0, 0.05) is 35.4 Å². The summed E-state index contributed by atoms with van der Waals surface area (Å²) in [6, 6.07) is 7.96. The van der Waals surface area contributed by atoms with Crippen LogP contribution in [-0.2, 0) is 0 Å². The Bertz CT molecular complexity index is 1020. The van der Waals surface area contributed by atoms with E-state index in [1.165, 1.54) is 22.4 Å². The van der Waals surface area contributed by atoms with Crippen LogP contribution < -0.4 is 10.1 Å². The Kier molecular flexibility index (Phi) is 13.2. The van der Waals surface area contributed by atoms with Crippen LogP contribution >= 0.6 is 0 Å². The molecule has 1 aliphatic heterocycles. The van der Waals surface area contributed by atoms with Crippen LogP contribution in [0.1, 0.15) is 54.4 Å². The molecular weight excluding hydrogens is 428 g/mol. The number of nitrogens with one attached hydrogen (secondary N) is 1. The first-order valence-electron chi connectivity index (χ1n) is 12.3. The molecule has 35 heavy (non-hydrogen) atoms. The van der Waals surface area contributed by atoms with Gasteiger partial charge in [-0.1, -0.05) is 68.2 Å². The van der Waals surface area contributed by atoms with Crippen LogP contribution in [0.25, 0.3) is 0 Å². The van der Waals surface area contributed by atoms with Crippen molar-refractivity contribution < 1.29 is 4.74 Å². The van der Waals surface area contributed by atoms with Gasteiger partial charge in [-0.25, -0.2) is 0 Å². The van der Waals surface area contributed by atoms with Crippen molar-refractivity contribution in [3.8, 4) is 5.75 Å². The lowest BCUT2D eigenvalue weighted by atomic mass is 9.89. The maximum Gasteiger partial charge on any atom is 0.142 e. The van der Waals surface area contributed by atoms with Gasteiger partial charge in [0.05, 0.1) is 12.3 Å². The number of anilines is 1. The minimum atomic E-state index is 0.375. The number of benzene rings is 1. The van der Waals surface area contributed by atoms with E-state index >= 15 is 0 Å². The fourth-order valence-electron chi connectivity index (χ4n) is 4.07. The predicted molar refractivity (Wildman–Crippen MR) is 156 cm³/mol. The summed E-state index contributed by atoms with van der Waals surface area (Å²) >= 11 is 0. The van der Waals surface area contributed by atoms with Crippen LogP contribution in [0.2, 0.25) is 0 Å². The van der Waals surface area contributed by atoms with Gasteiger partial charge >= 0.3 is 0 Å². The van der Waals surface area contributed by atoms with E-state index in [0.717, 1.165) is 35.7 Å². The number of nitrogens with zero attached hydrogens (tertiary/aromatic N) is 1. The number of para-hydroxylation sites is 2. The lowest BCUT2D eigenvalue weighted by Crippen LogP contribution is -2.09. The van der Waals surface area contributed by atoms with Crippen molar-refractivity contribution in [1.82, 2.24) is 0 Å². The second-order valence-corrected chi connectivity index (χ2v) is 8.62. The van der Waals surface area contributed by atoms with Crippen molar-refractivity contribution in [2.45, 2.75) is 54.4 Å². The molecule has 1 aliphatic carbocycles. The highest BCUT2D eigenvalue weighted by Gasteiger charge is 2.24. The average molecular weight is 473 g/mol. The summed E-state index contributed by atoms with van der Waals surface area (Å²) in [7, 11) is 0. The summed E-state index contributed by atoms with van der Waals surface area (Å²) < 4.78 is 5.67. The second-order valence-electron chi connectivity index (χ2n) is 8.62. The first-order valence-corrected chi connectivity index (χ1v) is 12.3. The van der Waals surface area contributed by atoms with Gasteiger partial charge in [0.2, 0.25) is 0 Å². The van der Waals surface area contributed by atoms with Crippen molar-refractivity contribution in [1.29, 1.82) is 0 Å². The molecule has 3 nitrogen and oxygen atoms in total. The maximum atomic E-state index is 5.67. The molecule has 3 rings (SSSR count). The summed E-state index contributed by atoms with van der Waals surface area (Å²) in [4.78, 5) is 4.64. The molecule has 2 unspecified atom stereocenters. The summed E-state index contributed by atoms with van der Waals surface area (Å²) in [6.45, 7) is 27.3. The Hall–Kier alpha value is -3.33. The van der Waals surface area contributed by atoms with Gasteiger partial charge in [-0.3, -0.25) is 4.99 Å². The fraction of sp³-hybridized carbons (Fsp3) is 0.344. The van der Waals surface area contributed by atoms with Crippen molar-refractivity contribution in [3.05, 3.63) is 109 Å². The summed E-state index contributed by atoms with van der Waals surface area (Å²) in [6.07, 6.45) is 12.6. The number of hydrogen-bond donors (Lipinski definition) is 1. The van der Waals surface area contributed by atoms with Crippen LogP contribution in [0.5, 0.6) is 5.75 Å². The zero-order chi connectivity index (χ0) is 26.4. The third-order valence-electron chi connectivity index (χ3n) is 6.00. The van der Waals surface area contributed by atoms with Crippen molar-refractivity contribution in [2.24, 2.45) is 16.8 Å². The third kappa shape index (κ3) is 9.09. The minimum absolute atomic E-state index is 0.375. The van der Waals surface area contributed by atoms with Gasteiger partial charge < -0.3 is 10.1 Å². The average Bonchev–Trinajstić information content (AvgIpc) is 3.12. The van der Waals surface area contributed by atoms with Crippen LogP contribution in [0, 0.1) is 11.8 Å². The largest absolute Gasteiger partial charge is 0.492 e. The fourth-order valence-corrected chi connectivity index (χ4v) is 4.07. The molecule has 2 aliphatic rings. The Morgan fingerprint density at radius 1 is 1.17 bits per heavy atom. The maximum absolute atomic E-state index is 5.67. The van der Waals surface area contributed by atoms with E-state index in [1.807, 2.05) is 31.2 Å². The molecule has 1 heterocycles. The zero-order valence-electron chi connectivity index (χ0n) is 22.7. The molecule has 3 heteroatoms. The molecule has 0 aromatic heterocycles. The van der Waals surface area contributed by atoms with E-state index < -0.39 is 0 Å². The summed E-state index contributed by atoms with van der Waals surface area (Å²) in [5, 5.41) is 3.40. The Balaban J connectivity index is 0.000000464. The molecule has 0 bridgehead atoms. The van der Waals surface area contributed by atoms with Gasteiger partial charge in [0.15, 0.2) is 0 Å². The zero-order valence-corrected chi connectivity index (χ0v) is 22.7. The Labute approximate surface area is 214 Å². The topological polar surface area (TPSA) is 33.6 Å².